The van der Waals surface area contributed by atoms with Crippen LogP contribution in [-0.2, 0) is 25.5 Å². The summed E-state index contributed by atoms with van der Waals surface area (Å²) in [6, 6.07) is 7.34. The lowest BCUT2D eigenvalue weighted by molar-refractivity contribution is -0.144. The van der Waals surface area contributed by atoms with E-state index in [0.717, 1.165) is 30.5 Å². The molecule has 0 saturated carbocycles. The summed E-state index contributed by atoms with van der Waals surface area (Å²) in [6.45, 7) is 7.01. The maximum Gasteiger partial charge on any atom is 0.251 e. The maximum absolute atomic E-state index is 12.9. The minimum atomic E-state index is -0.347. The van der Waals surface area contributed by atoms with Crippen molar-refractivity contribution in [2.24, 2.45) is 0 Å². The van der Waals surface area contributed by atoms with E-state index in [9.17, 15) is 14.4 Å². The van der Waals surface area contributed by atoms with Gasteiger partial charge in [0.05, 0.1) is 12.6 Å². The highest BCUT2D eigenvalue weighted by Crippen LogP contribution is 2.17. The minimum absolute atomic E-state index is 0.00130. The first-order valence-corrected chi connectivity index (χ1v) is 11.2. The zero-order valence-corrected chi connectivity index (χ0v) is 18.8. The van der Waals surface area contributed by atoms with E-state index in [-0.39, 0.29) is 36.4 Å². The quantitative estimate of drug-likeness (QED) is 0.706. The number of nitrogens with zero attached hydrogens (tertiary/aromatic N) is 3. The van der Waals surface area contributed by atoms with Crippen molar-refractivity contribution in [1.29, 1.82) is 0 Å². The molecule has 1 N–H and O–H groups in total. The molecule has 2 saturated heterocycles. The van der Waals surface area contributed by atoms with Crippen LogP contribution in [0.5, 0.6) is 0 Å². The molecule has 1 aromatic rings. The van der Waals surface area contributed by atoms with E-state index < -0.39 is 0 Å². The predicted molar refractivity (Wildman–Crippen MR) is 119 cm³/mol. The molecule has 3 rings (SSSR count). The molecule has 170 valence electrons. The topological polar surface area (TPSA) is 82.2 Å². The van der Waals surface area contributed by atoms with Crippen molar-refractivity contribution >= 4 is 23.4 Å². The van der Waals surface area contributed by atoms with E-state index in [1.165, 1.54) is 4.90 Å². The molecule has 0 spiro atoms. The van der Waals surface area contributed by atoms with Gasteiger partial charge in [0.25, 0.3) is 5.91 Å². The van der Waals surface area contributed by atoms with Crippen LogP contribution in [-0.4, -0.2) is 90.9 Å². The monoisotopic (exact) mass is 430 g/mol. The Hall–Kier alpha value is -2.45. The molecule has 0 aromatic heterocycles. The summed E-state index contributed by atoms with van der Waals surface area (Å²) in [5, 5.41) is 2.91. The zero-order chi connectivity index (χ0) is 22.4. The Labute approximate surface area is 184 Å². The molecule has 3 amide bonds. The van der Waals surface area contributed by atoms with Crippen molar-refractivity contribution in [2.75, 3.05) is 51.7 Å². The first-order chi connectivity index (χ1) is 14.9. The minimum Gasteiger partial charge on any atom is -0.368 e. The first kappa shape index (κ1) is 23.2. The van der Waals surface area contributed by atoms with Crippen LogP contribution in [0.25, 0.3) is 0 Å². The molecule has 2 aliphatic heterocycles. The number of aryl methyl sites for hydroxylation is 1. The fourth-order valence-electron chi connectivity index (χ4n) is 4.21. The lowest BCUT2D eigenvalue weighted by atomic mass is 10.1. The van der Waals surface area contributed by atoms with Gasteiger partial charge in [-0.05, 0) is 37.8 Å². The zero-order valence-electron chi connectivity index (χ0n) is 18.8. The second-order valence-electron chi connectivity index (χ2n) is 8.29. The number of likely N-dealkylation sites (N-methyl/N-ethyl adjacent to an activating group) is 1. The number of carbonyl (C=O) groups is 3. The molecule has 0 aliphatic carbocycles. The molecule has 8 heteroatoms. The third kappa shape index (κ3) is 5.83. The van der Waals surface area contributed by atoms with Crippen molar-refractivity contribution < 1.29 is 19.1 Å². The van der Waals surface area contributed by atoms with Crippen molar-refractivity contribution in [3.05, 3.63) is 29.8 Å². The molecular formula is C23H34N4O4. The highest BCUT2D eigenvalue weighted by molar-refractivity contribution is 5.95. The van der Waals surface area contributed by atoms with Gasteiger partial charge in [0, 0.05) is 45.5 Å². The van der Waals surface area contributed by atoms with E-state index >= 15 is 0 Å². The summed E-state index contributed by atoms with van der Waals surface area (Å²) in [4.78, 5) is 43.2. The third-order valence-corrected chi connectivity index (χ3v) is 6.17. The third-order valence-electron chi connectivity index (χ3n) is 6.17. The molecule has 2 atom stereocenters. The summed E-state index contributed by atoms with van der Waals surface area (Å²) < 4.78 is 5.50. The number of anilines is 1. The van der Waals surface area contributed by atoms with Crippen LogP contribution in [0.3, 0.4) is 0 Å². The van der Waals surface area contributed by atoms with Gasteiger partial charge in [0.2, 0.25) is 11.8 Å². The van der Waals surface area contributed by atoms with Crippen LogP contribution in [0, 0.1) is 0 Å². The van der Waals surface area contributed by atoms with Gasteiger partial charge in [-0.15, -0.1) is 0 Å². The number of nitrogens with one attached hydrogen (secondary N) is 1. The number of carbonyl (C=O) groups excluding carboxylic acids is 3. The SMILES string of the molecule is CCc1ccccc1NC(=O)CN(C)C(=O)C(C)N1CCN(C(=O)C2CCCO2)CC1. The molecular weight excluding hydrogens is 396 g/mol. The summed E-state index contributed by atoms with van der Waals surface area (Å²) in [5.41, 5.74) is 1.85. The molecule has 2 aliphatic rings. The Kier molecular flexibility index (Phi) is 8.03. The van der Waals surface area contributed by atoms with Crippen LogP contribution in [0.2, 0.25) is 0 Å². The van der Waals surface area contributed by atoms with Crippen LogP contribution in [0.4, 0.5) is 5.69 Å². The van der Waals surface area contributed by atoms with Gasteiger partial charge in [0.15, 0.2) is 0 Å². The van der Waals surface area contributed by atoms with Crippen molar-refractivity contribution in [1.82, 2.24) is 14.7 Å². The smallest absolute Gasteiger partial charge is 0.251 e. The van der Waals surface area contributed by atoms with Gasteiger partial charge in [-0.2, -0.15) is 0 Å². The number of hydrogen-bond acceptors (Lipinski definition) is 5. The lowest BCUT2D eigenvalue weighted by Crippen LogP contribution is -2.56. The van der Waals surface area contributed by atoms with E-state index in [2.05, 4.69) is 10.2 Å². The molecule has 31 heavy (non-hydrogen) atoms. The standard InChI is InChI=1S/C23H34N4O4/c1-4-18-8-5-6-9-19(18)24-21(28)16-25(3)22(29)17(2)26-11-13-27(14-12-26)23(30)20-10-7-15-31-20/h5-6,8-9,17,20H,4,7,10-16H2,1-3H3,(H,24,28). The average Bonchev–Trinajstić information content (AvgIpc) is 3.33. The van der Waals surface area contributed by atoms with Gasteiger partial charge in [0.1, 0.15) is 6.10 Å². The molecule has 2 fully saturated rings. The van der Waals surface area contributed by atoms with E-state index in [1.54, 1.807) is 7.05 Å². The summed E-state index contributed by atoms with van der Waals surface area (Å²) in [5.74, 6) is -0.244. The van der Waals surface area contributed by atoms with Gasteiger partial charge in [-0.25, -0.2) is 0 Å². The first-order valence-electron chi connectivity index (χ1n) is 11.2. The van der Waals surface area contributed by atoms with Gasteiger partial charge < -0.3 is 19.9 Å². The fourth-order valence-corrected chi connectivity index (χ4v) is 4.21. The van der Waals surface area contributed by atoms with E-state index in [1.807, 2.05) is 43.0 Å². The number of rotatable bonds is 7. The molecule has 1 aromatic carbocycles. The second kappa shape index (κ2) is 10.7. The normalized spacial score (nSPS) is 20.4. The Morgan fingerprint density at radius 2 is 1.90 bits per heavy atom. The number of benzene rings is 1. The lowest BCUT2D eigenvalue weighted by Gasteiger charge is -2.39. The van der Waals surface area contributed by atoms with E-state index in [0.29, 0.717) is 32.8 Å². The summed E-state index contributed by atoms with van der Waals surface area (Å²) >= 11 is 0. The average molecular weight is 431 g/mol. The van der Waals surface area contributed by atoms with Crippen molar-refractivity contribution in [2.45, 2.75) is 45.3 Å². The Bertz CT molecular complexity index is 786. The molecule has 2 unspecified atom stereocenters. The molecule has 2 heterocycles. The summed E-state index contributed by atoms with van der Waals surface area (Å²) in [7, 11) is 1.65. The highest BCUT2D eigenvalue weighted by Gasteiger charge is 2.33. The van der Waals surface area contributed by atoms with Gasteiger partial charge in [-0.1, -0.05) is 25.1 Å². The molecule has 0 bridgehead atoms. The van der Waals surface area contributed by atoms with Gasteiger partial charge >= 0.3 is 0 Å². The number of para-hydroxylation sites is 1. The Morgan fingerprint density at radius 3 is 2.55 bits per heavy atom. The number of piperazine rings is 1. The van der Waals surface area contributed by atoms with Crippen LogP contribution >= 0.6 is 0 Å². The fraction of sp³-hybridized carbons (Fsp3) is 0.609. The molecule has 0 radical (unpaired) electrons. The van der Waals surface area contributed by atoms with Gasteiger partial charge in [-0.3, -0.25) is 19.3 Å². The van der Waals surface area contributed by atoms with Crippen molar-refractivity contribution in [3.63, 3.8) is 0 Å². The largest absolute Gasteiger partial charge is 0.368 e. The predicted octanol–water partition coefficient (Wildman–Crippen LogP) is 1.36. The van der Waals surface area contributed by atoms with Crippen LogP contribution in [0.15, 0.2) is 24.3 Å². The number of hydrogen-bond donors (Lipinski definition) is 1. The summed E-state index contributed by atoms with van der Waals surface area (Å²) in [6.07, 6.45) is 2.26. The Morgan fingerprint density at radius 1 is 1.19 bits per heavy atom. The highest BCUT2D eigenvalue weighted by atomic mass is 16.5. The van der Waals surface area contributed by atoms with Crippen LogP contribution in [0.1, 0.15) is 32.3 Å². The number of amides is 3. The van der Waals surface area contributed by atoms with Crippen molar-refractivity contribution in [3.8, 4) is 0 Å². The van der Waals surface area contributed by atoms with E-state index in [4.69, 9.17) is 4.74 Å². The Balaban J connectivity index is 1.47. The van der Waals surface area contributed by atoms with Crippen LogP contribution < -0.4 is 5.32 Å². The maximum atomic E-state index is 12.9. The molecule has 8 nitrogen and oxygen atoms in total. The number of ether oxygens (including phenoxy) is 1. The second-order valence-corrected chi connectivity index (χ2v) is 8.29.